The molecule has 21 heavy (non-hydrogen) atoms. The fourth-order valence-corrected chi connectivity index (χ4v) is 3.88. The minimum Gasteiger partial charge on any atom is -0.496 e. The molecule has 6 heteroatoms. The van der Waals surface area contributed by atoms with E-state index in [0.717, 1.165) is 5.56 Å². The van der Waals surface area contributed by atoms with E-state index >= 15 is 0 Å². The Kier molecular flexibility index (Phi) is 4.59. The predicted octanol–water partition coefficient (Wildman–Crippen LogP) is 1.87. The first-order chi connectivity index (χ1) is 10.0. The van der Waals surface area contributed by atoms with E-state index < -0.39 is 15.1 Å². The summed E-state index contributed by atoms with van der Waals surface area (Å²) < 4.78 is 30.7. The van der Waals surface area contributed by atoms with Crippen molar-refractivity contribution >= 4 is 9.84 Å². The second-order valence-electron chi connectivity index (χ2n) is 4.69. The van der Waals surface area contributed by atoms with E-state index in [1.54, 1.807) is 50.6 Å². The van der Waals surface area contributed by atoms with Gasteiger partial charge in [-0.05, 0) is 42.3 Å². The topological polar surface area (TPSA) is 82.3 Å². The third-order valence-corrected chi connectivity index (χ3v) is 5.46. The van der Waals surface area contributed by atoms with Crippen molar-refractivity contribution in [3.05, 3.63) is 53.9 Å². The highest BCUT2D eigenvalue weighted by Crippen LogP contribution is 2.30. The van der Waals surface area contributed by atoms with Gasteiger partial charge in [-0.25, -0.2) is 8.42 Å². The molecule has 112 valence electrons. The first-order valence-corrected chi connectivity index (χ1v) is 8.04. The molecule has 2 rings (SSSR count). The third kappa shape index (κ3) is 3.06. The average molecular weight is 306 g/mol. The van der Waals surface area contributed by atoms with Crippen LogP contribution in [0.2, 0.25) is 0 Å². The monoisotopic (exact) mass is 306 g/mol. The van der Waals surface area contributed by atoms with Crippen molar-refractivity contribution in [1.82, 2.24) is 4.98 Å². The zero-order valence-corrected chi connectivity index (χ0v) is 12.8. The number of hydrogen-bond acceptors (Lipinski definition) is 5. The molecule has 1 heterocycles. The van der Waals surface area contributed by atoms with Gasteiger partial charge >= 0.3 is 0 Å². The van der Waals surface area contributed by atoms with Crippen LogP contribution in [0.3, 0.4) is 0 Å². The molecular formula is C15H18N2O3S. The molecule has 0 aliphatic carbocycles. The van der Waals surface area contributed by atoms with Crippen LogP contribution in [0.1, 0.15) is 16.4 Å². The number of aryl methyl sites for hydroxylation is 1. The van der Waals surface area contributed by atoms with Crippen LogP contribution in [-0.2, 0) is 9.84 Å². The van der Waals surface area contributed by atoms with Gasteiger partial charge in [0.2, 0.25) is 0 Å². The number of pyridine rings is 1. The largest absolute Gasteiger partial charge is 0.496 e. The van der Waals surface area contributed by atoms with Gasteiger partial charge in [0.1, 0.15) is 11.0 Å². The van der Waals surface area contributed by atoms with Crippen LogP contribution in [0, 0.1) is 6.92 Å². The number of nitrogens with zero attached hydrogens (tertiary/aromatic N) is 1. The highest BCUT2D eigenvalue weighted by atomic mass is 32.2. The van der Waals surface area contributed by atoms with Crippen molar-refractivity contribution in [2.24, 2.45) is 5.73 Å². The molecule has 0 aliphatic heterocycles. The zero-order valence-electron chi connectivity index (χ0n) is 12.0. The molecule has 5 nitrogen and oxygen atoms in total. The number of benzene rings is 1. The Balaban J connectivity index is 2.47. The van der Waals surface area contributed by atoms with Crippen LogP contribution in [-0.4, -0.2) is 27.1 Å². The van der Waals surface area contributed by atoms with E-state index in [1.165, 1.54) is 6.20 Å². The number of nitrogens with two attached hydrogens (primary N) is 1. The number of sulfone groups is 1. The lowest BCUT2D eigenvalue weighted by molar-refractivity contribution is 0.411. The highest BCUT2D eigenvalue weighted by Gasteiger charge is 2.28. The SMILES string of the molecule is COc1ccc(S(=O)(=O)C(CN)c2cccnc2)cc1C. The Morgan fingerprint density at radius 1 is 1.33 bits per heavy atom. The molecule has 0 saturated heterocycles. The average Bonchev–Trinajstić information content (AvgIpc) is 2.48. The zero-order chi connectivity index (χ0) is 15.5. The molecule has 0 bridgehead atoms. The number of hydrogen-bond donors (Lipinski definition) is 1. The highest BCUT2D eigenvalue weighted by molar-refractivity contribution is 7.91. The quantitative estimate of drug-likeness (QED) is 0.912. The van der Waals surface area contributed by atoms with Gasteiger partial charge in [0.05, 0.1) is 12.0 Å². The normalized spacial score (nSPS) is 12.9. The van der Waals surface area contributed by atoms with Gasteiger partial charge in [0, 0.05) is 18.9 Å². The van der Waals surface area contributed by atoms with E-state index in [4.69, 9.17) is 10.5 Å². The molecule has 0 radical (unpaired) electrons. The lowest BCUT2D eigenvalue weighted by atomic mass is 10.2. The number of rotatable bonds is 5. The molecule has 0 spiro atoms. The Labute approximate surface area is 124 Å². The van der Waals surface area contributed by atoms with Crippen LogP contribution in [0.15, 0.2) is 47.6 Å². The van der Waals surface area contributed by atoms with Crippen molar-refractivity contribution in [3.63, 3.8) is 0 Å². The minimum absolute atomic E-state index is 0.000889. The van der Waals surface area contributed by atoms with Crippen molar-refractivity contribution in [2.45, 2.75) is 17.1 Å². The van der Waals surface area contributed by atoms with Crippen LogP contribution in [0.4, 0.5) is 0 Å². The predicted molar refractivity (Wildman–Crippen MR) is 80.9 cm³/mol. The van der Waals surface area contributed by atoms with Gasteiger partial charge in [-0.1, -0.05) is 6.07 Å². The second kappa shape index (κ2) is 6.24. The molecule has 2 N–H and O–H groups in total. The molecule has 1 aromatic heterocycles. The van der Waals surface area contributed by atoms with E-state index in [2.05, 4.69) is 4.98 Å². The summed E-state index contributed by atoms with van der Waals surface area (Å²) in [6.07, 6.45) is 3.13. The van der Waals surface area contributed by atoms with Crippen LogP contribution < -0.4 is 10.5 Å². The summed E-state index contributed by atoms with van der Waals surface area (Å²) in [5.74, 6) is 0.652. The van der Waals surface area contributed by atoms with Crippen molar-refractivity contribution in [1.29, 1.82) is 0 Å². The molecule has 0 amide bonds. The summed E-state index contributed by atoms with van der Waals surface area (Å²) in [6, 6.07) is 8.22. The summed E-state index contributed by atoms with van der Waals surface area (Å²) in [5.41, 5.74) is 7.05. The lowest BCUT2D eigenvalue weighted by Gasteiger charge is -2.17. The molecule has 0 fully saturated rings. The summed E-state index contributed by atoms with van der Waals surface area (Å²) in [4.78, 5) is 4.20. The first-order valence-electron chi connectivity index (χ1n) is 6.49. The lowest BCUT2D eigenvalue weighted by Crippen LogP contribution is -2.22. The maximum absolute atomic E-state index is 12.8. The number of methoxy groups -OCH3 is 1. The van der Waals surface area contributed by atoms with E-state index in [9.17, 15) is 8.42 Å². The van der Waals surface area contributed by atoms with Gasteiger partial charge in [0.15, 0.2) is 9.84 Å². The van der Waals surface area contributed by atoms with Crippen LogP contribution in [0.25, 0.3) is 0 Å². The molecular weight excluding hydrogens is 288 g/mol. The number of ether oxygens (including phenoxy) is 1. The standard InChI is InChI=1S/C15H18N2O3S/c1-11-8-13(5-6-14(11)20-2)21(18,19)15(9-16)12-4-3-7-17-10-12/h3-8,10,15H,9,16H2,1-2H3. The Morgan fingerprint density at radius 3 is 2.62 bits per heavy atom. The van der Waals surface area contributed by atoms with Gasteiger partial charge in [0.25, 0.3) is 0 Å². The van der Waals surface area contributed by atoms with Crippen molar-refractivity contribution in [2.75, 3.05) is 13.7 Å². The van der Waals surface area contributed by atoms with Gasteiger partial charge < -0.3 is 10.5 Å². The molecule has 0 saturated carbocycles. The number of aromatic nitrogens is 1. The third-order valence-electron chi connectivity index (χ3n) is 3.34. The molecule has 1 unspecified atom stereocenters. The smallest absolute Gasteiger partial charge is 0.186 e. The van der Waals surface area contributed by atoms with Crippen molar-refractivity contribution in [3.8, 4) is 5.75 Å². The molecule has 1 atom stereocenters. The van der Waals surface area contributed by atoms with Crippen LogP contribution in [0.5, 0.6) is 5.75 Å². The van der Waals surface area contributed by atoms with Gasteiger partial charge in [-0.15, -0.1) is 0 Å². The minimum atomic E-state index is -3.57. The second-order valence-corrected chi connectivity index (χ2v) is 6.82. The maximum Gasteiger partial charge on any atom is 0.186 e. The first kappa shape index (κ1) is 15.5. The Hall–Kier alpha value is -1.92. The van der Waals surface area contributed by atoms with Gasteiger partial charge in [-0.3, -0.25) is 4.98 Å². The van der Waals surface area contributed by atoms with E-state index in [0.29, 0.717) is 11.3 Å². The van der Waals surface area contributed by atoms with E-state index in [1.807, 2.05) is 0 Å². The van der Waals surface area contributed by atoms with Crippen LogP contribution >= 0.6 is 0 Å². The Morgan fingerprint density at radius 2 is 2.10 bits per heavy atom. The fourth-order valence-electron chi connectivity index (χ4n) is 2.20. The summed E-state index contributed by atoms with van der Waals surface area (Å²) in [6.45, 7) is 1.80. The molecule has 2 aromatic rings. The summed E-state index contributed by atoms with van der Waals surface area (Å²) >= 11 is 0. The molecule has 0 aliphatic rings. The Bertz CT molecular complexity index is 715. The fraction of sp³-hybridized carbons (Fsp3) is 0.267. The summed E-state index contributed by atoms with van der Waals surface area (Å²) in [5, 5.41) is -0.806. The molecule has 1 aromatic carbocycles. The van der Waals surface area contributed by atoms with E-state index in [-0.39, 0.29) is 11.4 Å². The summed E-state index contributed by atoms with van der Waals surface area (Å²) in [7, 11) is -2.02. The van der Waals surface area contributed by atoms with Gasteiger partial charge in [-0.2, -0.15) is 0 Å². The van der Waals surface area contributed by atoms with Crippen molar-refractivity contribution < 1.29 is 13.2 Å². The maximum atomic E-state index is 12.8.